The minimum atomic E-state index is 0.267. The Morgan fingerprint density at radius 2 is 2.45 bits per heavy atom. The molecule has 0 saturated heterocycles. The highest BCUT2D eigenvalue weighted by atomic mass is 15.0. The van der Waals surface area contributed by atoms with Crippen LogP contribution in [0, 0.1) is 0 Å². The zero-order chi connectivity index (χ0) is 7.52. The highest BCUT2D eigenvalue weighted by Gasteiger charge is 2.10. The van der Waals surface area contributed by atoms with Crippen molar-refractivity contribution >= 4 is 0 Å². The maximum Gasteiger partial charge on any atom is 0.0795 e. The second-order valence-electron chi connectivity index (χ2n) is 2.44. The van der Waals surface area contributed by atoms with Gasteiger partial charge in [0, 0.05) is 18.9 Å². The molecule has 1 aliphatic heterocycles. The second-order valence-corrected chi connectivity index (χ2v) is 2.44. The maximum absolute atomic E-state index is 4.18. The molecule has 2 rings (SSSR count). The van der Waals surface area contributed by atoms with E-state index in [1.165, 1.54) is 0 Å². The molecule has 0 spiro atoms. The standard InChI is InChI=1S/C8H9N3/c1-2-7(10-3-1)8-6-9-4-5-11-8/h1-2,4-7,10H,3H2. The van der Waals surface area contributed by atoms with Gasteiger partial charge in [0.15, 0.2) is 0 Å². The Labute approximate surface area is 65.2 Å². The number of aromatic nitrogens is 2. The van der Waals surface area contributed by atoms with E-state index in [0.29, 0.717) is 0 Å². The van der Waals surface area contributed by atoms with Crippen molar-refractivity contribution in [3.8, 4) is 0 Å². The minimum Gasteiger partial charge on any atom is -0.302 e. The van der Waals surface area contributed by atoms with Crippen molar-refractivity contribution in [2.24, 2.45) is 0 Å². The van der Waals surface area contributed by atoms with Gasteiger partial charge in [-0.05, 0) is 0 Å². The van der Waals surface area contributed by atoms with Gasteiger partial charge in [-0.15, -0.1) is 0 Å². The molecule has 0 aliphatic carbocycles. The van der Waals surface area contributed by atoms with Crippen molar-refractivity contribution in [2.75, 3.05) is 6.54 Å². The third-order valence-corrected chi connectivity index (χ3v) is 1.69. The fourth-order valence-electron chi connectivity index (χ4n) is 1.14. The first kappa shape index (κ1) is 6.49. The summed E-state index contributed by atoms with van der Waals surface area (Å²) in [5.41, 5.74) is 0.987. The molecule has 56 valence electrons. The monoisotopic (exact) mass is 147 g/mol. The molecule has 0 amide bonds. The maximum atomic E-state index is 4.18. The Balaban J connectivity index is 2.23. The smallest absolute Gasteiger partial charge is 0.0795 e. The van der Waals surface area contributed by atoms with Gasteiger partial charge in [-0.3, -0.25) is 9.97 Å². The number of nitrogens with one attached hydrogen (secondary N) is 1. The van der Waals surface area contributed by atoms with Crippen molar-refractivity contribution in [2.45, 2.75) is 6.04 Å². The lowest BCUT2D eigenvalue weighted by Gasteiger charge is -2.05. The lowest BCUT2D eigenvalue weighted by atomic mass is 10.2. The quantitative estimate of drug-likeness (QED) is 0.593. The van der Waals surface area contributed by atoms with Crippen molar-refractivity contribution in [3.63, 3.8) is 0 Å². The predicted octanol–water partition coefficient (Wildman–Crippen LogP) is 0.677. The Hall–Kier alpha value is -1.22. The van der Waals surface area contributed by atoms with Crippen LogP contribution in [-0.2, 0) is 0 Å². The van der Waals surface area contributed by atoms with E-state index in [1.807, 2.05) is 0 Å². The molecular weight excluding hydrogens is 138 g/mol. The van der Waals surface area contributed by atoms with Crippen molar-refractivity contribution in [1.82, 2.24) is 15.3 Å². The Kier molecular flexibility index (Phi) is 1.65. The average molecular weight is 147 g/mol. The van der Waals surface area contributed by atoms with Crippen LogP contribution < -0.4 is 5.32 Å². The summed E-state index contributed by atoms with van der Waals surface area (Å²) in [5, 5.41) is 3.26. The molecule has 3 nitrogen and oxygen atoms in total. The lowest BCUT2D eigenvalue weighted by molar-refractivity contribution is 0.688. The molecular formula is C8H9N3. The average Bonchev–Trinajstić information content (AvgIpc) is 2.58. The van der Waals surface area contributed by atoms with E-state index in [9.17, 15) is 0 Å². The summed E-state index contributed by atoms with van der Waals surface area (Å²) in [7, 11) is 0. The highest BCUT2D eigenvalue weighted by Crippen LogP contribution is 2.12. The first-order chi connectivity index (χ1) is 5.47. The molecule has 0 radical (unpaired) electrons. The molecule has 0 fully saturated rings. The van der Waals surface area contributed by atoms with Gasteiger partial charge in [0.25, 0.3) is 0 Å². The van der Waals surface area contributed by atoms with Crippen LogP contribution in [0.15, 0.2) is 30.7 Å². The number of rotatable bonds is 1. The molecule has 0 saturated carbocycles. The van der Waals surface area contributed by atoms with E-state index in [4.69, 9.17) is 0 Å². The molecule has 1 unspecified atom stereocenters. The van der Waals surface area contributed by atoms with Crippen LogP contribution in [0.3, 0.4) is 0 Å². The van der Waals surface area contributed by atoms with Crippen LogP contribution in [0.5, 0.6) is 0 Å². The molecule has 1 aromatic heterocycles. The summed E-state index contributed by atoms with van der Waals surface area (Å²) < 4.78 is 0. The molecule has 3 heteroatoms. The first-order valence-corrected chi connectivity index (χ1v) is 3.63. The van der Waals surface area contributed by atoms with Gasteiger partial charge in [-0.1, -0.05) is 12.2 Å². The molecule has 1 atom stereocenters. The minimum absolute atomic E-state index is 0.267. The van der Waals surface area contributed by atoms with E-state index in [0.717, 1.165) is 12.2 Å². The van der Waals surface area contributed by atoms with Gasteiger partial charge in [0.1, 0.15) is 0 Å². The highest BCUT2D eigenvalue weighted by molar-refractivity contribution is 5.15. The molecule has 11 heavy (non-hydrogen) atoms. The van der Waals surface area contributed by atoms with Crippen LogP contribution >= 0.6 is 0 Å². The fraction of sp³-hybridized carbons (Fsp3) is 0.250. The van der Waals surface area contributed by atoms with Gasteiger partial charge in [-0.25, -0.2) is 0 Å². The second kappa shape index (κ2) is 2.80. The van der Waals surface area contributed by atoms with Gasteiger partial charge in [-0.2, -0.15) is 0 Å². The SMILES string of the molecule is C1=CC(c2cnccn2)NC1. The molecule has 1 aliphatic rings. The van der Waals surface area contributed by atoms with E-state index in [1.54, 1.807) is 18.6 Å². The van der Waals surface area contributed by atoms with Crippen molar-refractivity contribution in [3.05, 3.63) is 36.4 Å². The molecule has 0 aromatic carbocycles. The first-order valence-electron chi connectivity index (χ1n) is 3.63. The van der Waals surface area contributed by atoms with E-state index in [-0.39, 0.29) is 6.04 Å². The van der Waals surface area contributed by atoms with E-state index in [2.05, 4.69) is 27.4 Å². The van der Waals surface area contributed by atoms with Gasteiger partial charge in [0.2, 0.25) is 0 Å². The van der Waals surface area contributed by atoms with Crippen LogP contribution in [0.2, 0.25) is 0 Å². The molecule has 0 bridgehead atoms. The molecule has 1 aromatic rings. The zero-order valence-electron chi connectivity index (χ0n) is 6.07. The molecule has 1 N–H and O–H groups in total. The number of hydrogen-bond donors (Lipinski definition) is 1. The van der Waals surface area contributed by atoms with E-state index >= 15 is 0 Å². The largest absolute Gasteiger partial charge is 0.302 e. The summed E-state index contributed by atoms with van der Waals surface area (Å²) in [4.78, 5) is 8.18. The normalized spacial score (nSPS) is 22.4. The summed E-state index contributed by atoms with van der Waals surface area (Å²) in [5.74, 6) is 0. The lowest BCUT2D eigenvalue weighted by Crippen LogP contribution is -2.14. The van der Waals surface area contributed by atoms with Crippen molar-refractivity contribution in [1.29, 1.82) is 0 Å². The Morgan fingerprint density at radius 1 is 1.45 bits per heavy atom. The van der Waals surface area contributed by atoms with Crippen molar-refractivity contribution < 1.29 is 0 Å². The number of nitrogens with zero attached hydrogens (tertiary/aromatic N) is 2. The summed E-state index contributed by atoms with van der Waals surface area (Å²) in [6, 6.07) is 0.267. The Morgan fingerprint density at radius 3 is 3.09 bits per heavy atom. The van der Waals surface area contributed by atoms with Gasteiger partial charge >= 0.3 is 0 Å². The van der Waals surface area contributed by atoms with E-state index < -0.39 is 0 Å². The summed E-state index contributed by atoms with van der Waals surface area (Å²) >= 11 is 0. The number of hydrogen-bond acceptors (Lipinski definition) is 3. The van der Waals surface area contributed by atoms with Crippen LogP contribution in [0.25, 0.3) is 0 Å². The third kappa shape index (κ3) is 1.28. The topological polar surface area (TPSA) is 37.8 Å². The van der Waals surface area contributed by atoms with Crippen LogP contribution in [-0.4, -0.2) is 16.5 Å². The van der Waals surface area contributed by atoms with Gasteiger partial charge < -0.3 is 5.32 Å². The third-order valence-electron chi connectivity index (χ3n) is 1.69. The summed E-state index contributed by atoms with van der Waals surface area (Å²) in [6.07, 6.45) is 9.38. The zero-order valence-corrected chi connectivity index (χ0v) is 6.07. The summed E-state index contributed by atoms with van der Waals surface area (Å²) in [6.45, 7) is 0.932. The fourth-order valence-corrected chi connectivity index (χ4v) is 1.14. The predicted molar refractivity (Wildman–Crippen MR) is 41.9 cm³/mol. The Bertz CT molecular complexity index is 255. The van der Waals surface area contributed by atoms with Crippen LogP contribution in [0.1, 0.15) is 11.7 Å². The van der Waals surface area contributed by atoms with Gasteiger partial charge in [0.05, 0.1) is 17.9 Å². The van der Waals surface area contributed by atoms with Crippen LogP contribution in [0.4, 0.5) is 0 Å². The molecule has 2 heterocycles.